The van der Waals surface area contributed by atoms with Gasteiger partial charge in [0.1, 0.15) is 17.5 Å². The van der Waals surface area contributed by atoms with Gasteiger partial charge in [-0.05, 0) is 55.3 Å². The number of aromatic amines is 1. The Kier molecular flexibility index (Phi) is 4.49. The molecular formula is C22H20F2N4O2. The van der Waals surface area contributed by atoms with Crippen molar-refractivity contribution in [3.05, 3.63) is 59.9 Å². The topological polar surface area (TPSA) is 69.3 Å². The fourth-order valence-electron chi connectivity index (χ4n) is 4.45. The summed E-state index contributed by atoms with van der Waals surface area (Å²) in [6.07, 6.45) is 1.73. The molecule has 30 heavy (non-hydrogen) atoms. The Morgan fingerprint density at radius 3 is 2.67 bits per heavy atom. The first-order valence-electron chi connectivity index (χ1n) is 10.0. The second kappa shape index (κ2) is 7.19. The van der Waals surface area contributed by atoms with Crippen LogP contribution in [0.2, 0.25) is 0 Å². The van der Waals surface area contributed by atoms with Crippen LogP contribution in [0.25, 0.3) is 11.0 Å². The predicted molar refractivity (Wildman–Crippen MR) is 107 cm³/mol. The summed E-state index contributed by atoms with van der Waals surface area (Å²) in [7, 11) is 0. The molecule has 0 saturated carbocycles. The minimum absolute atomic E-state index is 0.0814. The van der Waals surface area contributed by atoms with Gasteiger partial charge in [-0.2, -0.15) is 0 Å². The second-order valence-electron chi connectivity index (χ2n) is 7.85. The van der Waals surface area contributed by atoms with E-state index in [1.54, 1.807) is 23.1 Å². The van der Waals surface area contributed by atoms with Crippen LogP contribution < -0.4 is 4.90 Å². The van der Waals surface area contributed by atoms with Crippen molar-refractivity contribution in [1.29, 1.82) is 0 Å². The molecule has 2 aliphatic heterocycles. The molecule has 2 fully saturated rings. The summed E-state index contributed by atoms with van der Waals surface area (Å²) in [4.78, 5) is 36.8. The Morgan fingerprint density at radius 1 is 1.10 bits per heavy atom. The molecule has 1 N–H and O–H groups in total. The van der Waals surface area contributed by atoms with Gasteiger partial charge < -0.3 is 14.8 Å². The van der Waals surface area contributed by atoms with Crippen LogP contribution in [0.5, 0.6) is 0 Å². The van der Waals surface area contributed by atoms with Crippen molar-refractivity contribution in [2.45, 2.75) is 25.3 Å². The number of hydrogen-bond donors (Lipinski definition) is 1. The number of halogens is 2. The highest BCUT2D eigenvalue weighted by Crippen LogP contribution is 2.35. The predicted octanol–water partition coefficient (Wildman–Crippen LogP) is 3.56. The third-order valence-electron chi connectivity index (χ3n) is 5.93. The molecule has 5 rings (SSSR count). The number of nitrogens with zero attached hydrogens (tertiary/aromatic N) is 3. The summed E-state index contributed by atoms with van der Waals surface area (Å²) in [5, 5.41) is 0. The number of rotatable bonds is 3. The van der Waals surface area contributed by atoms with E-state index in [0.717, 1.165) is 12.8 Å². The zero-order chi connectivity index (χ0) is 20.8. The summed E-state index contributed by atoms with van der Waals surface area (Å²) in [5.41, 5.74) is 1.85. The Bertz CT molecular complexity index is 1130. The Hall–Kier alpha value is -3.29. The lowest BCUT2D eigenvalue weighted by Crippen LogP contribution is -2.37. The quantitative estimate of drug-likeness (QED) is 0.718. The Labute approximate surface area is 171 Å². The summed E-state index contributed by atoms with van der Waals surface area (Å²) in [6, 6.07) is 9.85. The van der Waals surface area contributed by atoms with Gasteiger partial charge in [0, 0.05) is 25.2 Å². The van der Waals surface area contributed by atoms with Gasteiger partial charge in [0.15, 0.2) is 0 Å². The van der Waals surface area contributed by atoms with Gasteiger partial charge in [0.05, 0.1) is 23.0 Å². The number of carbonyl (C=O) groups is 2. The first kappa shape index (κ1) is 18.7. The molecule has 8 heteroatoms. The van der Waals surface area contributed by atoms with E-state index < -0.39 is 5.92 Å². The number of likely N-dealkylation sites (tertiary alicyclic amines) is 1. The van der Waals surface area contributed by atoms with Crippen LogP contribution in [0.15, 0.2) is 42.5 Å². The number of H-pyrrole nitrogens is 1. The van der Waals surface area contributed by atoms with E-state index in [0.29, 0.717) is 29.1 Å². The standard InChI is InChI=1S/C22H20F2N4O2/c23-14-3-6-16(7-4-14)28-12-13(10-20(28)29)22(30)27-9-1-2-19(27)21-25-17-8-5-15(24)11-18(17)26-21/h3-8,11,13,19H,1-2,9-10,12H2,(H,25,26). The first-order chi connectivity index (χ1) is 14.5. The van der Waals surface area contributed by atoms with Crippen molar-refractivity contribution in [2.75, 3.05) is 18.0 Å². The highest BCUT2D eigenvalue weighted by molar-refractivity contribution is 6.00. The average Bonchev–Trinajstić information content (AvgIpc) is 3.45. The maximum atomic E-state index is 13.5. The smallest absolute Gasteiger partial charge is 0.228 e. The molecule has 0 spiro atoms. The molecule has 3 heterocycles. The maximum absolute atomic E-state index is 13.5. The van der Waals surface area contributed by atoms with Crippen molar-refractivity contribution >= 4 is 28.5 Å². The largest absolute Gasteiger partial charge is 0.340 e. The molecule has 154 valence electrons. The maximum Gasteiger partial charge on any atom is 0.228 e. The van der Waals surface area contributed by atoms with Crippen molar-refractivity contribution in [1.82, 2.24) is 14.9 Å². The van der Waals surface area contributed by atoms with E-state index in [1.807, 2.05) is 0 Å². The summed E-state index contributed by atoms with van der Waals surface area (Å²) >= 11 is 0. The third-order valence-corrected chi connectivity index (χ3v) is 5.93. The highest BCUT2D eigenvalue weighted by Gasteiger charge is 2.41. The summed E-state index contributed by atoms with van der Waals surface area (Å²) in [5.74, 6) is -0.755. The van der Waals surface area contributed by atoms with E-state index in [1.165, 1.54) is 29.2 Å². The number of hydrogen-bond acceptors (Lipinski definition) is 3. The molecule has 6 nitrogen and oxygen atoms in total. The van der Waals surface area contributed by atoms with Crippen LogP contribution in [0.3, 0.4) is 0 Å². The third kappa shape index (κ3) is 3.22. The SMILES string of the molecule is O=C1CC(C(=O)N2CCCC2c2nc3ccc(F)cc3[nH]2)CN1c1ccc(F)cc1. The van der Waals surface area contributed by atoms with Crippen LogP contribution in [-0.4, -0.2) is 39.8 Å². The molecule has 2 unspecified atom stereocenters. The van der Waals surface area contributed by atoms with Gasteiger partial charge in [-0.3, -0.25) is 9.59 Å². The van der Waals surface area contributed by atoms with Crippen LogP contribution in [0, 0.1) is 17.6 Å². The van der Waals surface area contributed by atoms with Gasteiger partial charge in [-0.15, -0.1) is 0 Å². The van der Waals surface area contributed by atoms with E-state index in [-0.39, 0.29) is 42.5 Å². The molecule has 0 aliphatic carbocycles. The lowest BCUT2D eigenvalue weighted by atomic mass is 10.1. The summed E-state index contributed by atoms with van der Waals surface area (Å²) < 4.78 is 26.7. The molecule has 2 aliphatic rings. The second-order valence-corrected chi connectivity index (χ2v) is 7.85. The Balaban J connectivity index is 1.36. The van der Waals surface area contributed by atoms with Crippen molar-refractivity contribution in [2.24, 2.45) is 5.92 Å². The van der Waals surface area contributed by atoms with Gasteiger partial charge in [-0.1, -0.05) is 0 Å². The minimum Gasteiger partial charge on any atom is -0.340 e. The van der Waals surface area contributed by atoms with Crippen LogP contribution in [0.4, 0.5) is 14.5 Å². The normalized spacial score (nSPS) is 21.7. The van der Waals surface area contributed by atoms with Gasteiger partial charge >= 0.3 is 0 Å². The fourth-order valence-corrected chi connectivity index (χ4v) is 4.45. The first-order valence-corrected chi connectivity index (χ1v) is 10.0. The molecule has 2 aromatic carbocycles. The van der Waals surface area contributed by atoms with Gasteiger partial charge in [0.25, 0.3) is 0 Å². The van der Waals surface area contributed by atoms with E-state index in [2.05, 4.69) is 9.97 Å². The number of anilines is 1. The van der Waals surface area contributed by atoms with E-state index in [9.17, 15) is 18.4 Å². The molecule has 0 bridgehead atoms. The highest BCUT2D eigenvalue weighted by atomic mass is 19.1. The lowest BCUT2D eigenvalue weighted by molar-refractivity contribution is -0.136. The number of fused-ring (bicyclic) bond motifs is 1. The van der Waals surface area contributed by atoms with Crippen LogP contribution >= 0.6 is 0 Å². The molecule has 2 atom stereocenters. The van der Waals surface area contributed by atoms with Crippen molar-refractivity contribution in [3.8, 4) is 0 Å². The molecular weight excluding hydrogens is 390 g/mol. The fraction of sp³-hybridized carbons (Fsp3) is 0.318. The Morgan fingerprint density at radius 2 is 1.87 bits per heavy atom. The number of imidazole rings is 1. The number of amides is 2. The zero-order valence-corrected chi connectivity index (χ0v) is 16.1. The molecule has 2 amide bonds. The number of carbonyl (C=O) groups excluding carboxylic acids is 2. The molecule has 1 aromatic heterocycles. The summed E-state index contributed by atoms with van der Waals surface area (Å²) in [6.45, 7) is 0.869. The number of benzene rings is 2. The number of aromatic nitrogens is 2. The molecule has 3 aromatic rings. The lowest BCUT2D eigenvalue weighted by Gasteiger charge is -2.26. The van der Waals surface area contributed by atoms with Crippen molar-refractivity contribution in [3.63, 3.8) is 0 Å². The molecule has 0 radical (unpaired) electrons. The van der Waals surface area contributed by atoms with Crippen LogP contribution in [-0.2, 0) is 9.59 Å². The minimum atomic E-state index is -0.454. The number of nitrogens with one attached hydrogen (secondary N) is 1. The molecule has 2 saturated heterocycles. The monoisotopic (exact) mass is 410 g/mol. The van der Waals surface area contributed by atoms with E-state index in [4.69, 9.17) is 0 Å². The van der Waals surface area contributed by atoms with E-state index >= 15 is 0 Å². The van der Waals surface area contributed by atoms with Crippen molar-refractivity contribution < 1.29 is 18.4 Å². The zero-order valence-electron chi connectivity index (χ0n) is 16.1. The average molecular weight is 410 g/mol. The van der Waals surface area contributed by atoms with Gasteiger partial charge in [-0.25, -0.2) is 13.8 Å². The van der Waals surface area contributed by atoms with Crippen LogP contribution in [0.1, 0.15) is 31.1 Å². The van der Waals surface area contributed by atoms with Gasteiger partial charge in [0.2, 0.25) is 11.8 Å².